The number of hydrogen-bond donors (Lipinski definition) is 1. The molecule has 0 aromatic carbocycles. The fourth-order valence-corrected chi connectivity index (χ4v) is 7.56. The molecule has 1 atom stereocenters. The summed E-state index contributed by atoms with van der Waals surface area (Å²) in [6.07, 6.45) is 0. The highest BCUT2D eigenvalue weighted by Gasteiger charge is 2.27. The molecule has 92 valence electrons. The van der Waals surface area contributed by atoms with Crippen molar-refractivity contribution in [3.05, 3.63) is 0 Å². The van der Waals surface area contributed by atoms with E-state index in [1.54, 1.807) is 14.2 Å². The van der Waals surface area contributed by atoms with Gasteiger partial charge in [0.1, 0.15) is 0 Å². The quantitative estimate of drug-likeness (QED) is 0.559. The third-order valence-corrected chi connectivity index (χ3v) is 9.82. The van der Waals surface area contributed by atoms with Crippen LogP contribution < -0.4 is 0 Å². The van der Waals surface area contributed by atoms with Crippen LogP contribution in [0.2, 0.25) is 11.1 Å². The Morgan fingerprint density at radius 3 is 2.07 bits per heavy atom. The van der Waals surface area contributed by atoms with Crippen molar-refractivity contribution in [2.24, 2.45) is 5.92 Å². The van der Waals surface area contributed by atoms with Gasteiger partial charge in [0.05, 0.1) is 0 Å². The molecule has 0 fully saturated rings. The van der Waals surface area contributed by atoms with E-state index in [1.807, 2.05) is 0 Å². The topological polar surface area (TPSA) is 18.5 Å². The number of thiol groups is 1. The van der Waals surface area contributed by atoms with Crippen LogP contribution in [0, 0.1) is 5.92 Å². The standard InChI is InChI=1S/C10H26O2SSi2/c1-8(2)10(3,4)14-9(13)7-15(11-5)12-6/h8-9,13,15H,7,14H2,1-6H3/t9-/m1/s1. The van der Waals surface area contributed by atoms with E-state index < -0.39 is 9.28 Å². The molecule has 0 spiro atoms. The van der Waals surface area contributed by atoms with Crippen LogP contribution in [0.25, 0.3) is 0 Å². The summed E-state index contributed by atoms with van der Waals surface area (Å²) in [7, 11) is 1.87. The predicted octanol–water partition coefficient (Wildman–Crippen LogP) is 1.78. The zero-order valence-electron chi connectivity index (χ0n) is 10.9. The summed E-state index contributed by atoms with van der Waals surface area (Å²) in [4.78, 5) is 0.527. The van der Waals surface area contributed by atoms with Crippen LogP contribution >= 0.6 is 12.6 Å². The first-order valence-electron chi connectivity index (χ1n) is 5.57. The maximum absolute atomic E-state index is 5.34. The van der Waals surface area contributed by atoms with Crippen molar-refractivity contribution in [1.82, 2.24) is 0 Å². The molecule has 0 aliphatic carbocycles. The molecule has 0 saturated carbocycles. The zero-order chi connectivity index (χ0) is 12.1. The van der Waals surface area contributed by atoms with Crippen molar-refractivity contribution in [2.45, 2.75) is 43.7 Å². The second kappa shape index (κ2) is 7.11. The zero-order valence-corrected chi connectivity index (χ0v) is 14.4. The van der Waals surface area contributed by atoms with Gasteiger partial charge in [0.25, 0.3) is 0 Å². The van der Waals surface area contributed by atoms with E-state index in [0.29, 0.717) is 9.91 Å². The molecule has 0 aliphatic rings. The average Bonchev–Trinajstić information content (AvgIpc) is 2.13. The second-order valence-corrected chi connectivity index (χ2v) is 12.0. The Morgan fingerprint density at radius 1 is 1.27 bits per heavy atom. The molecule has 0 amide bonds. The lowest BCUT2D eigenvalue weighted by Crippen LogP contribution is -2.32. The molecule has 0 bridgehead atoms. The van der Waals surface area contributed by atoms with Crippen LogP contribution in [0.5, 0.6) is 0 Å². The van der Waals surface area contributed by atoms with Gasteiger partial charge in [0, 0.05) is 23.7 Å². The molecule has 0 unspecified atom stereocenters. The summed E-state index contributed by atoms with van der Waals surface area (Å²) in [6.45, 7) is 9.33. The van der Waals surface area contributed by atoms with Crippen molar-refractivity contribution in [2.75, 3.05) is 14.2 Å². The van der Waals surface area contributed by atoms with Gasteiger partial charge in [0.2, 0.25) is 0 Å². The molecule has 0 aliphatic heterocycles. The van der Waals surface area contributed by atoms with E-state index in [2.05, 4.69) is 27.7 Å². The summed E-state index contributed by atoms with van der Waals surface area (Å²) in [5.74, 6) is 0.740. The van der Waals surface area contributed by atoms with Crippen molar-refractivity contribution >= 4 is 31.4 Å². The van der Waals surface area contributed by atoms with Crippen LogP contribution in [-0.2, 0) is 8.85 Å². The molecule has 0 aromatic heterocycles. The number of rotatable bonds is 7. The molecule has 0 rings (SSSR count). The minimum atomic E-state index is -1.41. The Hall–Kier alpha value is 0.704. The van der Waals surface area contributed by atoms with Crippen molar-refractivity contribution in [3.8, 4) is 0 Å². The van der Waals surface area contributed by atoms with Gasteiger partial charge in [-0.15, -0.1) is 0 Å². The van der Waals surface area contributed by atoms with Crippen LogP contribution in [0.3, 0.4) is 0 Å². The van der Waals surface area contributed by atoms with E-state index in [0.717, 1.165) is 12.0 Å². The van der Waals surface area contributed by atoms with Crippen LogP contribution in [0.1, 0.15) is 27.7 Å². The van der Waals surface area contributed by atoms with Gasteiger partial charge in [0.15, 0.2) is 0 Å². The van der Waals surface area contributed by atoms with E-state index >= 15 is 0 Å². The highest BCUT2D eigenvalue weighted by atomic mass is 32.1. The third-order valence-electron chi connectivity index (χ3n) is 3.31. The van der Waals surface area contributed by atoms with E-state index in [-0.39, 0.29) is 9.52 Å². The molecule has 0 heterocycles. The molecule has 0 aromatic rings. The summed E-state index contributed by atoms with van der Waals surface area (Å²) < 4.78 is 10.7. The summed E-state index contributed by atoms with van der Waals surface area (Å²) in [6, 6.07) is 1.04. The minimum absolute atomic E-state index is 0.206. The van der Waals surface area contributed by atoms with Gasteiger partial charge in [-0.1, -0.05) is 27.7 Å². The monoisotopic (exact) mass is 266 g/mol. The Bertz CT molecular complexity index is 173. The largest absolute Gasteiger partial charge is 0.400 e. The maximum Gasteiger partial charge on any atom is 0.321 e. The summed E-state index contributed by atoms with van der Waals surface area (Å²) in [5, 5.41) is 0.479. The second-order valence-electron chi connectivity index (χ2n) is 5.14. The van der Waals surface area contributed by atoms with Gasteiger partial charge in [-0.2, -0.15) is 12.6 Å². The Labute approximate surface area is 104 Å². The van der Waals surface area contributed by atoms with E-state index in [4.69, 9.17) is 21.5 Å². The molecule has 5 heteroatoms. The van der Waals surface area contributed by atoms with Crippen LogP contribution in [-0.4, -0.2) is 37.9 Å². The fourth-order valence-electron chi connectivity index (χ4n) is 1.44. The Kier molecular flexibility index (Phi) is 7.45. The molecular formula is C10H26O2SSi2. The Morgan fingerprint density at radius 2 is 1.73 bits per heavy atom. The Balaban J connectivity index is 4.07. The predicted molar refractivity (Wildman–Crippen MR) is 76.2 cm³/mol. The van der Waals surface area contributed by atoms with Crippen molar-refractivity contribution in [3.63, 3.8) is 0 Å². The first-order chi connectivity index (χ1) is 6.83. The molecule has 0 N–H and O–H groups in total. The van der Waals surface area contributed by atoms with Gasteiger partial charge >= 0.3 is 9.28 Å². The highest BCUT2D eigenvalue weighted by Crippen LogP contribution is 2.34. The van der Waals surface area contributed by atoms with Crippen LogP contribution in [0.15, 0.2) is 0 Å². The van der Waals surface area contributed by atoms with Gasteiger partial charge < -0.3 is 8.85 Å². The lowest BCUT2D eigenvalue weighted by molar-refractivity contribution is 0.278. The van der Waals surface area contributed by atoms with Gasteiger partial charge in [-0.25, -0.2) is 0 Å². The smallest absolute Gasteiger partial charge is 0.321 e. The number of hydrogen-bond acceptors (Lipinski definition) is 3. The first-order valence-corrected chi connectivity index (χ1v) is 9.37. The van der Waals surface area contributed by atoms with Gasteiger partial charge in [-0.05, 0) is 21.9 Å². The first kappa shape index (κ1) is 15.7. The van der Waals surface area contributed by atoms with Crippen molar-refractivity contribution in [1.29, 1.82) is 0 Å². The molecule has 0 saturated heterocycles. The lowest BCUT2D eigenvalue weighted by Gasteiger charge is -2.31. The third kappa shape index (κ3) is 6.11. The molecule has 2 nitrogen and oxygen atoms in total. The van der Waals surface area contributed by atoms with Crippen LogP contribution in [0.4, 0.5) is 0 Å². The summed E-state index contributed by atoms with van der Waals surface area (Å²) in [5.41, 5.74) is 0. The van der Waals surface area contributed by atoms with E-state index in [9.17, 15) is 0 Å². The lowest BCUT2D eigenvalue weighted by atomic mass is 9.99. The summed E-state index contributed by atoms with van der Waals surface area (Å²) >= 11 is 4.70. The fraction of sp³-hybridized carbons (Fsp3) is 1.00. The maximum atomic E-state index is 5.34. The average molecular weight is 267 g/mol. The van der Waals surface area contributed by atoms with Crippen molar-refractivity contribution < 1.29 is 8.85 Å². The minimum Gasteiger partial charge on any atom is -0.400 e. The molecular weight excluding hydrogens is 240 g/mol. The highest BCUT2D eigenvalue weighted by molar-refractivity contribution is 7.82. The SMILES string of the molecule is CO[SiH](C[C@H](S)[SiH2]C(C)(C)C(C)C)OC. The van der Waals surface area contributed by atoms with E-state index in [1.165, 1.54) is 0 Å². The van der Waals surface area contributed by atoms with Gasteiger partial charge in [-0.3, -0.25) is 0 Å². The molecule has 15 heavy (non-hydrogen) atoms. The molecule has 0 radical (unpaired) electrons. The normalized spacial score (nSPS) is 15.8.